The number of aliphatic hydroxyl groups is 2. The lowest BCUT2D eigenvalue weighted by Gasteiger charge is -2.37. The van der Waals surface area contributed by atoms with E-state index in [1.165, 1.54) is 11.1 Å². The van der Waals surface area contributed by atoms with Crippen LogP contribution >= 0.6 is 0 Å². The van der Waals surface area contributed by atoms with Crippen molar-refractivity contribution >= 4 is 5.78 Å². The van der Waals surface area contributed by atoms with Crippen LogP contribution in [0.1, 0.15) is 125 Å². The van der Waals surface area contributed by atoms with Crippen LogP contribution < -0.4 is 4.74 Å². The van der Waals surface area contributed by atoms with E-state index in [1.807, 2.05) is 45.0 Å². The van der Waals surface area contributed by atoms with Crippen molar-refractivity contribution < 1.29 is 34.0 Å². The summed E-state index contributed by atoms with van der Waals surface area (Å²) in [6.45, 7) is 16.2. The summed E-state index contributed by atoms with van der Waals surface area (Å²) in [6, 6.07) is 7.78. The van der Waals surface area contributed by atoms with Crippen molar-refractivity contribution in [3.8, 4) is 5.75 Å². The topological polar surface area (TPSA) is 94.5 Å². The molecule has 254 valence electrons. The Labute approximate surface area is 272 Å². The zero-order chi connectivity index (χ0) is 33.5. The summed E-state index contributed by atoms with van der Waals surface area (Å²) in [5.74, 6) is 0.805. The molecule has 0 saturated carbocycles. The van der Waals surface area contributed by atoms with E-state index in [9.17, 15) is 15.0 Å². The zero-order valence-corrected chi connectivity index (χ0v) is 29.4. The monoisotopic (exact) mass is 628 g/mol. The summed E-state index contributed by atoms with van der Waals surface area (Å²) < 4.78 is 24.9. The quantitative estimate of drug-likeness (QED) is 0.170. The summed E-state index contributed by atoms with van der Waals surface area (Å²) in [5.41, 5.74) is -0.117. The molecule has 2 aliphatic rings. The van der Waals surface area contributed by atoms with Crippen molar-refractivity contribution in [2.24, 2.45) is 0 Å². The van der Waals surface area contributed by atoms with Crippen molar-refractivity contribution in [3.63, 3.8) is 0 Å². The van der Waals surface area contributed by atoms with E-state index >= 15 is 0 Å². The molecule has 2 saturated heterocycles. The van der Waals surface area contributed by atoms with E-state index in [1.54, 1.807) is 7.11 Å². The van der Waals surface area contributed by atoms with Gasteiger partial charge in [-0.1, -0.05) is 35.4 Å². The number of hydrogen-bond acceptors (Lipinski definition) is 7. The largest absolute Gasteiger partial charge is 0.497 e. The molecule has 2 heterocycles. The number of benzene rings is 1. The number of rotatable bonds is 17. The van der Waals surface area contributed by atoms with Gasteiger partial charge in [-0.15, -0.1) is 0 Å². The van der Waals surface area contributed by atoms with E-state index < -0.39 is 22.4 Å². The van der Waals surface area contributed by atoms with Crippen LogP contribution in [0.4, 0.5) is 0 Å². The fourth-order valence-corrected chi connectivity index (χ4v) is 6.65. The number of hydrogen-bond donors (Lipinski definition) is 2. The van der Waals surface area contributed by atoms with Gasteiger partial charge >= 0.3 is 0 Å². The highest BCUT2D eigenvalue weighted by molar-refractivity contribution is 5.87. The highest BCUT2D eigenvalue weighted by Crippen LogP contribution is 2.43. The highest BCUT2D eigenvalue weighted by atomic mass is 16.6. The molecule has 2 aliphatic heterocycles. The number of allylic oxidation sites excluding steroid dienone is 4. The summed E-state index contributed by atoms with van der Waals surface area (Å²) in [6.07, 6.45) is 9.38. The lowest BCUT2D eigenvalue weighted by Crippen LogP contribution is -2.47. The molecule has 0 amide bonds. The molecule has 1 aromatic rings. The smallest absolute Gasteiger partial charge is 0.164 e. The number of methoxy groups -OCH3 is 1. The first-order chi connectivity index (χ1) is 21.0. The first-order valence-corrected chi connectivity index (χ1v) is 16.8. The van der Waals surface area contributed by atoms with E-state index in [-0.39, 0.29) is 30.5 Å². The zero-order valence-electron chi connectivity index (χ0n) is 29.4. The summed E-state index contributed by atoms with van der Waals surface area (Å²) >= 11 is 0. The molecule has 0 bridgehead atoms. The molecular formula is C38H60O7. The van der Waals surface area contributed by atoms with Crippen LogP contribution in [-0.4, -0.2) is 63.8 Å². The molecule has 45 heavy (non-hydrogen) atoms. The summed E-state index contributed by atoms with van der Waals surface area (Å²) in [4.78, 5) is 13.7. The van der Waals surface area contributed by atoms with Gasteiger partial charge in [0.1, 0.15) is 11.4 Å². The number of carbonyl (C=O) groups is 1. The molecule has 7 atom stereocenters. The van der Waals surface area contributed by atoms with Crippen molar-refractivity contribution in [2.75, 3.05) is 7.11 Å². The van der Waals surface area contributed by atoms with Gasteiger partial charge in [-0.25, -0.2) is 0 Å². The molecule has 0 aromatic heterocycles. The predicted octanol–water partition coefficient (Wildman–Crippen LogP) is 7.80. The Balaban J connectivity index is 1.70. The molecular weight excluding hydrogens is 568 g/mol. The Hall–Kier alpha value is -2.03. The van der Waals surface area contributed by atoms with Crippen LogP contribution in [0.15, 0.2) is 47.6 Å². The van der Waals surface area contributed by atoms with Crippen molar-refractivity contribution in [2.45, 2.75) is 167 Å². The SMILES string of the molecule is COc1ccc(CO[C@H](CCC(=O)[C@@]2(C)CC[C@H]([C@@](C)(O)CCC=C(C)C)O2)[C@]2(C)CC[C@H]([C@@](C)(O)CCC=C(C)C)O2)cc1. The fourth-order valence-electron chi connectivity index (χ4n) is 6.65. The minimum Gasteiger partial charge on any atom is -0.497 e. The van der Waals surface area contributed by atoms with E-state index in [2.05, 4.69) is 46.8 Å². The van der Waals surface area contributed by atoms with Gasteiger partial charge in [0.25, 0.3) is 0 Å². The normalized spacial score (nSPS) is 28.2. The first-order valence-electron chi connectivity index (χ1n) is 16.8. The summed E-state index contributed by atoms with van der Waals surface area (Å²) in [7, 11) is 1.64. The van der Waals surface area contributed by atoms with Gasteiger partial charge in [0.2, 0.25) is 0 Å². The first kappa shape index (κ1) is 37.4. The number of ether oxygens (including phenoxy) is 4. The second-order valence-electron chi connectivity index (χ2n) is 14.8. The van der Waals surface area contributed by atoms with Crippen LogP contribution in [0.2, 0.25) is 0 Å². The predicted molar refractivity (Wildman–Crippen MR) is 179 cm³/mol. The van der Waals surface area contributed by atoms with Crippen LogP contribution in [-0.2, 0) is 25.6 Å². The van der Waals surface area contributed by atoms with E-state index in [0.29, 0.717) is 38.7 Å². The Morgan fingerprint density at radius 1 is 0.933 bits per heavy atom. The van der Waals surface area contributed by atoms with E-state index in [0.717, 1.165) is 37.0 Å². The molecule has 1 aromatic carbocycles. The maximum Gasteiger partial charge on any atom is 0.164 e. The Bertz CT molecular complexity index is 1160. The van der Waals surface area contributed by atoms with Crippen molar-refractivity contribution in [3.05, 3.63) is 53.1 Å². The standard InChI is InChI=1S/C38H60O7/c1-27(2)12-10-22-35(5,40)32-20-24-37(7,44-32)31(39)18-19-34(43-26-29-14-16-30(42-9)17-15-29)38(8)25-21-33(45-38)36(6,41)23-11-13-28(3)4/h12-17,32-34,40-41H,10-11,18-26H2,1-9H3/t32-,33-,34-,35+,36+,37-,38+/m1/s1. The van der Waals surface area contributed by atoms with Crippen molar-refractivity contribution in [1.29, 1.82) is 0 Å². The van der Waals surface area contributed by atoms with Crippen LogP contribution in [0.25, 0.3) is 0 Å². The van der Waals surface area contributed by atoms with Crippen LogP contribution in [0.3, 0.4) is 0 Å². The Kier molecular flexibility index (Phi) is 13.1. The average Bonchev–Trinajstić information content (AvgIpc) is 3.58. The molecule has 7 heteroatoms. The third kappa shape index (κ3) is 10.5. The molecule has 0 radical (unpaired) electrons. The number of carbonyl (C=O) groups excluding carboxylic acids is 1. The minimum atomic E-state index is -1.00. The van der Waals surface area contributed by atoms with Gasteiger partial charge in [-0.3, -0.25) is 4.79 Å². The van der Waals surface area contributed by atoms with Gasteiger partial charge in [-0.05, 0) is 131 Å². The average molecular weight is 629 g/mol. The second-order valence-corrected chi connectivity index (χ2v) is 14.8. The third-order valence-corrected chi connectivity index (χ3v) is 9.91. The van der Waals surface area contributed by atoms with Gasteiger partial charge in [0, 0.05) is 6.42 Å². The van der Waals surface area contributed by atoms with Gasteiger partial charge in [0.05, 0.1) is 48.8 Å². The maximum atomic E-state index is 13.7. The number of ketones is 1. The van der Waals surface area contributed by atoms with Gasteiger partial charge in [0.15, 0.2) is 5.78 Å². The lowest BCUT2D eigenvalue weighted by molar-refractivity contribution is -0.178. The second kappa shape index (κ2) is 15.7. The van der Waals surface area contributed by atoms with Gasteiger partial charge < -0.3 is 29.2 Å². The fraction of sp³-hybridized carbons (Fsp3) is 0.711. The van der Waals surface area contributed by atoms with E-state index in [4.69, 9.17) is 18.9 Å². The van der Waals surface area contributed by atoms with Gasteiger partial charge in [-0.2, -0.15) is 0 Å². The molecule has 7 nitrogen and oxygen atoms in total. The lowest BCUT2D eigenvalue weighted by atomic mass is 9.86. The van der Waals surface area contributed by atoms with Crippen LogP contribution in [0.5, 0.6) is 5.75 Å². The Morgan fingerprint density at radius 3 is 2.00 bits per heavy atom. The Morgan fingerprint density at radius 2 is 1.47 bits per heavy atom. The third-order valence-electron chi connectivity index (χ3n) is 9.91. The van der Waals surface area contributed by atoms with Crippen LogP contribution in [0, 0.1) is 0 Å². The molecule has 3 rings (SSSR count). The minimum absolute atomic E-state index is 0.0232. The number of Topliss-reactive ketones (excluding diaryl/α,β-unsaturated/α-hetero) is 1. The molecule has 2 fully saturated rings. The van der Waals surface area contributed by atoms with Crippen molar-refractivity contribution in [1.82, 2.24) is 0 Å². The molecule has 0 unspecified atom stereocenters. The molecule has 0 aliphatic carbocycles. The molecule has 2 N–H and O–H groups in total. The maximum absolute atomic E-state index is 13.7. The highest BCUT2D eigenvalue weighted by Gasteiger charge is 2.50. The molecule has 0 spiro atoms. The summed E-state index contributed by atoms with van der Waals surface area (Å²) in [5, 5.41) is 22.6.